The van der Waals surface area contributed by atoms with E-state index in [1.807, 2.05) is 0 Å². The smallest absolute Gasteiger partial charge is 0.196 e. The summed E-state index contributed by atoms with van der Waals surface area (Å²) in [5.41, 5.74) is 1.16. The molecule has 0 aliphatic rings. The van der Waals surface area contributed by atoms with Crippen molar-refractivity contribution in [3.8, 4) is 23.0 Å². The number of ether oxygens (including phenoxy) is 3. The van der Waals surface area contributed by atoms with Gasteiger partial charge in [-0.15, -0.1) is 0 Å². The first-order chi connectivity index (χ1) is 19.8. The third-order valence-electron chi connectivity index (χ3n) is 6.00. The number of ketones is 2. The monoisotopic (exact) mass is 558 g/mol. The molecule has 0 aliphatic heterocycles. The molecule has 4 rings (SSSR count). The van der Waals surface area contributed by atoms with Crippen LogP contribution < -0.4 is 9.47 Å². The topological polar surface area (TPSA) is 143 Å². The van der Waals surface area contributed by atoms with Crippen LogP contribution in [0.3, 0.4) is 0 Å². The second-order valence-corrected chi connectivity index (χ2v) is 9.22. The molecule has 4 N–H and O–H groups in total. The third kappa shape index (κ3) is 8.15. The van der Waals surface area contributed by atoms with Gasteiger partial charge in [0.05, 0.1) is 24.3 Å². The minimum Gasteiger partial charge on any atom is -0.507 e. The molecule has 0 amide bonds. The molecule has 0 saturated heterocycles. The third-order valence-corrected chi connectivity index (χ3v) is 6.00. The average molecular weight is 559 g/mol. The standard InChI is InChI=1S/C32H30O9/c33-23(19-40-25-11-13-27(29(35)15-25)31(37)21-7-3-1-4-8-21)17-39-18-24(34)20-41-26-12-14-28(30(36)16-26)32(38)22-9-5-2-6-10-22/h1-16,23-24,33-36H,17-20H2. The first-order valence-electron chi connectivity index (χ1n) is 12.9. The van der Waals surface area contributed by atoms with Gasteiger partial charge in [-0.1, -0.05) is 60.7 Å². The van der Waals surface area contributed by atoms with Gasteiger partial charge in [-0.05, 0) is 24.3 Å². The number of benzene rings is 4. The Balaban J connectivity index is 1.17. The molecule has 2 unspecified atom stereocenters. The molecule has 41 heavy (non-hydrogen) atoms. The van der Waals surface area contributed by atoms with E-state index in [9.17, 15) is 30.0 Å². The number of carbonyl (C=O) groups is 2. The fourth-order valence-corrected chi connectivity index (χ4v) is 3.90. The maximum absolute atomic E-state index is 12.5. The molecular formula is C32H30O9. The van der Waals surface area contributed by atoms with Crippen LogP contribution in [0.4, 0.5) is 0 Å². The maximum Gasteiger partial charge on any atom is 0.196 e. The van der Waals surface area contributed by atoms with Crippen molar-refractivity contribution in [1.82, 2.24) is 0 Å². The summed E-state index contributed by atoms with van der Waals surface area (Å²) in [6.07, 6.45) is -2.05. The Labute approximate surface area is 236 Å². The number of carbonyl (C=O) groups excluding carboxylic acids is 2. The van der Waals surface area contributed by atoms with Crippen molar-refractivity contribution in [3.63, 3.8) is 0 Å². The zero-order valence-corrected chi connectivity index (χ0v) is 22.1. The minimum absolute atomic E-state index is 0.134. The van der Waals surface area contributed by atoms with E-state index in [0.29, 0.717) is 11.1 Å². The van der Waals surface area contributed by atoms with Gasteiger partial charge >= 0.3 is 0 Å². The highest BCUT2D eigenvalue weighted by molar-refractivity contribution is 6.11. The second-order valence-electron chi connectivity index (χ2n) is 9.22. The molecule has 0 radical (unpaired) electrons. The van der Waals surface area contributed by atoms with Crippen LogP contribution in [0.25, 0.3) is 0 Å². The van der Waals surface area contributed by atoms with Crippen molar-refractivity contribution in [2.24, 2.45) is 0 Å². The van der Waals surface area contributed by atoms with Gasteiger partial charge in [0, 0.05) is 23.3 Å². The van der Waals surface area contributed by atoms with E-state index in [0.717, 1.165) is 0 Å². The van der Waals surface area contributed by atoms with Crippen LogP contribution in [0.15, 0.2) is 97.1 Å². The Hall–Kier alpha value is -4.70. The summed E-state index contributed by atoms with van der Waals surface area (Å²) in [6.45, 7) is -0.563. The van der Waals surface area contributed by atoms with E-state index in [2.05, 4.69) is 0 Å². The van der Waals surface area contributed by atoms with Gasteiger partial charge in [0.1, 0.15) is 48.4 Å². The SMILES string of the molecule is O=C(c1ccccc1)c1ccc(OCC(O)COCC(O)COc2ccc(C(=O)c3ccccc3)c(O)c2)cc1O. The van der Waals surface area contributed by atoms with Crippen molar-refractivity contribution in [1.29, 1.82) is 0 Å². The van der Waals surface area contributed by atoms with Crippen LogP contribution in [-0.4, -0.2) is 70.6 Å². The summed E-state index contributed by atoms with van der Waals surface area (Å²) < 4.78 is 16.3. The molecule has 0 aromatic heterocycles. The fraction of sp³-hybridized carbons (Fsp3) is 0.188. The number of hydrogen-bond acceptors (Lipinski definition) is 9. The summed E-state index contributed by atoms with van der Waals surface area (Å²) in [4.78, 5) is 25.1. The van der Waals surface area contributed by atoms with Gasteiger partial charge in [0.25, 0.3) is 0 Å². The van der Waals surface area contributed by atoms with Crippen LogP contribution in [0.1, 0.15) is 31.8 Å². The predicted molar refractivity (Wildman–Crippen MR) is 150 cm³/mol. The van der Waals surface area contributed by atoms with Crippen LogP contribution in [0.5, 0.6) is 23.0 Å². The lowest BCUT2D eigenvalue weighted by Gasteiger charge is -2.16. The summed E-state index contributed by atoms with van der Waals surface area (Å²) in [5, 5.41) is 40.8. The van der Waals surface area contributed by atoms with Gasteiger partial charge in [-0.2, -0.15) is 0 Å². The molecule has 0 saturated carbocycles. The van der Waals surface area contributed by atoms with E-state index in [1.54, 1.807) is 60.7 Å². The zero-order chi connectivity index (χ0) is 29.2. The van der Waals surface area contributed by atoms with Crippen LogP contribution in [0.2, 0.25) is 0 Å². The van der Waals surface area contributed by atoms with E-state index in [4.69, 9.17) is 14.2 Å². The lowest BCUT2D eigenvalue weighted by Crippen LogP contribution is -2.28. The molecular weight excluding hydrogens is 528 g/mol. The normalized spacial score (nSPS) is 12.3. The number of rotatable bonds is 14. The summed E-state index contributed by atoms with van der Waals surface area (Å²) >= 11 is 0. The lowest BCUT2D eigenvalue weighted by molar-refractivity contribution is -0.0309. The van der Waals surface area contributed by atoms with Crippen LogP contribution >= 0.6 is 0 Å². The molecule has 0 heterocycles. The van der Waals surface area contributed by atoms with Gasteiger partial charge in [-0.3, -0.25) is 9.59 Å². The first-order valence-corrected chi connectivity index (χ1v) is 12.9. The number of hydrogen-bond donors (Lipinski definition) is 4. The van der Waals surface area contributed by atoms with Gasteiger partial charge < -0.3 is 34.6 Å². The van der Waals surface area contributed by atoms with Gasteiger partial charge in [0.15, 0.2) is 11.6 Å². The quantitative estimate of drug-likeness (QED) is 0.170. The summed E-state index contributed by atoms with van der Waals surface area (Å²) in [5.74, 6) is -0.596. The zero-order valence-electron chi connectivity index (χ0n) is 22.1. The highest BCUT2D eigenvalue weighted by atomic mass is 16.5. The number of phenolic OH excluding ortho intramolecular Hbond substituents is 2. The number of aliphatic hydroxyl groups is 2. The van der Waals surface area contributed by atoms with Crippen molar-refractivity contribution < 1.29 is 44.2 Å². The van der Waals surface area contributed by atoms with Crippen molar-refractivity contribution in [2.75, 3.05) is 26.4 Å². The largest absolute Gasteiger partial charge is 0.507 e. The highest BCUT2D eigenvalue weighted by Crippen LogP contribution is 2.27. The second kappa shape index (κ2) is 14.1. The van der Waals surface area contributed by atoms with E-state index in [1.165, 1.54) is 36.4 Å². The fourth-order valence-electron chi connectivity index (χ4n) is 3.90. The number of phenols is 2. The van der Waals surface area contributed by atoms with E-state index < -0.39 is 12.2 Å². The maximum atomic E-state index is 12.5. The number of aromatic hydroxyl groups is 2. The van der Waals surface area contributed by atoms with Crippen molar-refractivity contribution >= 4 is 11.6 Å². The summed E-state index contributed by atoms with van der Waals surface area (Å²) in [6, 6.07) is 25.7. The minimum atomic E-state index is -1.03. The Morgan fingerprint density at radius 3 is 1.32 bits per heavy atom. The van der Waals surface area contributed by atoms with Crippen molar-refractivity contribution in [2.45, 2.75) is 12.2 Å². The molecule has 4 aromatic carbocycles. The molecule has 0 fully saturated rings. The summed E-state index contributed by atoms with van der Waals surface area (Å²) in [7, 11) is 0. The molecule has 0 bridgehead atoms. The predicted octanol–water partition coefficient (Wildman–Crippen LogP) is 3.76. The van der Waals surface area contributed by atoms with E-state index >= 15 is 0 Å². The van der Waals surface area contributed by atoms with Crippen LogP contribution in [-0.2, 0) is 4.74 Å². The van der Waals surface area contributed by atoms with Gasteiger partial charge in [-0.25, -0.2) is 0 Å². The Morgan fingerprint density at radius 2 is 0.951 bits per heavy atom. The first kappa shape index (κ1) is 29.3. The van der Waals surface area contributed by atoms with Crippen LogP contribution in [0, 0.1) is 0 Å². The molecule has 0 aliphatic carbocycles. The van der Waals surface area contributed by atoms with E-state index in [-0.39, 0.29) is 72.1 Å². The molecule has 0 spiro atoms. The molecule has 4 aromatic rings. The van der Waals surface area contributed by atoms with Gasteiger partial charge in [0.2, 0.25) is 0 Å². The Morgan fingerprint density at radius 1 is 0.561 bits per heavy atom. The molecule has 9 nitrogen and oxygen atoms in total. The Bertz CT molecular complexity index is 1340. The highest BCUT2D eigenvalue weighted by Gasteiger charge is 2.16. The molecule has 212 valence electrons. The molecule has 2 atom stereocenters. The average Bonchev–Trinajstić information content (AvgIpc) is 2.99. The van der Waals surface area contributed by atoms with Crippen molar-refractivity contribution in [3.05, 3.63) is 119 Å². The Kier molecular flexibility index (Phi) is 10.1. The lowest BCUT2D eigenvalue weighted by atomic mass is 10.0. The molecule has 9 heteroatoms. The number of aliphatic hydroxyl groups excluding tert-OH is 2.